The number of hydrogen-bond acceptors (Lipinski definition) is 2. The van der Waals surface area contributed by atoms with Gasteiger partial charge in [-0.1, -0.05) is 12.2 Å². The van der Waals surface area contributed by atoms with E-state index in [-0.39, 0.29) is 5.57 Å². The van der Waals surface area contributed by atoms with Crippen LogP contribution < -0.4 is 4.74 Å². The Bertz CT molecular complexity index is 588. The van der Waals surface area contributed by atoms with Crippen molar-refractivity contribution in [3.8, 4) is 5.75 Å². The van der Waals surface area contributed by atoms with Crippen molar-refractivity contribution in [2.24, 2.45) is 0 Å². The molecule has 1 aliphatic rings. The van der Waals surface area contributed by atoms with Crippen molar-refractivity contribution in [2.45, 2.75) is 0 Å². The topological polar surface area (TPSA) is 29.5 Å². The second-order valence-corrected chi connectivity index (χ2v) is 3.48. The third kappa shape index (κ3) is 2.18. The molecule has 1 aromatic rings. The molecule has 1 aliphatic carbocycles. The van der Waals surface area contributed by atoms with Crippen LogP contribution in [0.5, 0.6) is 5.75 Å². The summed E-state index contributed by atoms with van der Waals surface area (Å²) < 4.78 is 69.3. The Hall–Kier alpha value is -2.31. The molecule has 0 saturated carbocycles. The summed E-state index contributed by atoms with van der Waals surface area (Å²) in [7, 11) is 0. The fourth-order valence-corrected chi connectivity index (χ4v) is 1.35. The summed E-state index contributed by atoms with van der Waals surface area (Å²) >= 11 is 0. The SMILES string of the molecule is OC(Oc1c(F)c(F)c(F)c(F)c1F)=C1C=CC=C1. The first-order valence-electron chi connectivity index (χ1n) is 4.90. The van der Waals surface area contributed by atoms with Crippen molar-refractivity contribution < 1.29 is 31.8 Å². The first-order chi connectivity index (χ1) is 8.93. The molecular weight excluding hydrogens is 271 g/mol. The molecule has 0 saturated heterocycles. The van der Waals surface area contributed by atoms with Crippen molar-refractivity contribution in [2.75, 3.05) is 0 Å². The fraction of sp³-hybridized carbons (Fsp3) is 0. The van der Waals surface area contributed by atoms with Crippen LogP contribution in [0.1, 0.15) is 0 Å². The molecule has 0 heterocycles. The van der Waals surface area contributed by atoms with E-state index in [1.807, 2.05) is 0 Å². The van der Waals surface area contributed by atoms with Gasteiger partial charge in [0.25, 0.3) is 5.95 Å². The zero-order valence-electron chi connectivity index (χ0n) is 9.05. The molecule has 100 valence electrons. The number of ether oxygens (including phenoxy) is 1. The van der Waals surface area contributed by atoms with Gasteiger partial charge in [-0.2, -0.15) is 8.78 Å². The van der Waals surface area contributed by atoms with Crippen LogP contribution in [0.3, 0.4) is 0 Å². The predicted molar refractivity (Wildman–Crippen MR) is 54.8 cm³/mol. The summed E-state index contributed by atoms with van der Waals surface area (Å²) in [6.07, 6.45) is 5.60. The molecule has 0 unspecified atom stereocenters. The molecule has 2 nitrogen and oxygen atoms in total. The normalized spacial score (nSPS) is 13.2. The van der Waals surface area contributed by atoms with Crippen LogP contribution in [0.15, 0.2) is 35.8 Å². The molecule has 0 fully saturated rings. The number of aliphatic hydroxyl groups excluding tert-OH is 1. The van der Waals surface area contributed by atoms with Crippen LogP contribution in [0.2, 0.25) is 0 Å². The molecule has 0 spiro atoms. The molecular formula is C12H5F5O2. The van der Waals surface area contributed by atoms with E-state index in [0.717, 1.165) is 0 Å². The third-order valence-electron chi connectivity index (χ3n) is 2.28. The summed E-state index contributed by atoms with van der Waals surface area (Å²) in [6.45, 7) is 0. The van der Waals surface area contributed by atoms with Gasteiger partial charge in [-0.3, -0.25) is 0 Å². The molecule has 0 amide bonds. The monoisotopic (exact) mass is 276 g/mol. The maximum atomic E-state index is 13.2. The van der Waals surface area contributed by atoms with Crippen LogP contribution in [-0.2, 0) is 0 Å². The lowest BCUT2D eigenvalue weighted by atomic mass is 10.2. The number of hydrogen-bond donors (Lipinski definition) is 1. The van der Waals surface area contributed by atoms with Gasteiger partial charge in [0.15, 0.2) is 0 Å². The number of allylic oxidation sites excluding steroid dienone is 5. The van der Waals surface area contributed by atoms with Gasteiger partial charge < -0.3 is 9.84 Å². The van der Waals surface area contributed by atoms with Crippen molar-refractivity contribution >= 4 is 0 Å². The molecule has 19 heavy (non-hydrogen) atoms. The maximum absolute atomic E-state index is 13.2. The van der Waals surface area contributed by atoms with E-state index >= 15 is 0 Å². The Balaban J connectivity index is 2.50. The quantitative estimate of drug-likeness (QED) is 0.386. The first-order valence-corrected chi connectivity index (χ1v) is 4.90. The molecule has 1 N–H and O–H groups in total. The minimum atomic E-state index is -2.30. The van der Waals surface area contributed by atoms with Crippen LogP contribution in [-0.4, -0.2) is 5.11 Å². The van der Waals surface area contributed by atoms with Gasteiger partial charge in [-0.25, -0.2) is 13.2 Å². The lowest BCUT2D eigenvalue weighted by molar-refractivity contribution is 0.187. The third-order valence-corrected chi connectivity index (χ3v) is 2.28. The standard InChI is InChI=1S/C12H5F5O2/c13-6-7(14)9(16)11(10(17)8(6)15)19-12(18)5-3-1-2-4-5/h1-4,18H. The largest absolute Gasteiger partial charge is 0.480 e. The summed E-state index contributed by atoms with van der Waals surface area (Å²) in [5.74, 6) is -13.4. The van der Waals surface area contributed by atoms with Gasteiger partial charge in [-0.15, -0.1) is 0 Å². The maximum Gasteiger partial charge on any atom is 0.289 e. The van der Waals surface area contributed by atoms with Crippen molar-refractivity contribution in [3.63, 3.8) is 0 Å². The predicted octanol–water partition coefficient (Wildman–Crippen LogP) is 3.66. The molecule has 0 atom stereocenters. The van der Waals surface area contributed by atoms with Crippen LogP contribution >= 0.6 is 0 Å². The van der Waals surface area contributed by atoms with Crippen LogP contribution in [0.25, 0.3) is 0 Å². The van der Waals surface area contributed by atoms with Gasteiger partial charge in [0.1, 0.15) is 0 Å². The van der Waals surface area contributed by atoms with Crippen molar-refractivity contribution in [1.29, 1.82) is 0 Å². The summed E-state index contributed by atoms with van der Waals surface area (Å²) in [5, 5.41) is 9.39. The molecule has 1 aromatic carbocycles. The Morgan fingerprint density at radius 2 is 1.21 bits per heavy atom. The molecule has 0 radical (unpaired) electrons. The highest BCUT2D eigenvalue weighted by atomic mass is 19.2. The summed E-state index contributed by atoms with van der Waals surface area (Å²) in [5.41, 5.74) is 0.0314. The molecule has 7 heteroatoms. The zero-order valence-corrected chi connectivity index (χ0v) is 9.05. The Morgan fingerprint density at radius 3 is 1.68 bits per heavy atom. The minimum Gasteiger partial charge on any atom is -0.480 e. The lowest BCUT2D eigenvalue weighted by Crippen LogP contribution is -2.07. The van der Waals surface area contributed by atoms with E-state index in [9.17, 15) is 27.1 Å². The first kappa shape index (κ1) is 13.1. The van der Waals surface area contributed by atoms with E-state index < -0.39 is 40.8 Å². The highest BCUT2D eigenvalue weighted by molar-refractivity contribution is 5.41. The van der Waals surface area contributed by atoms with Crippen LogP contribution in [0, 0.1) is 29.1 Å². The van der Waals surface area contributed by atoms with E-state index in [4.69, 9.17) is 0 Å². The molecule has 0 aliphatic heterocycles. The van der Waals surface area contributed by atoms with E-state index in [1.165, 1.54) is 24.3 Å². The van der Waals surface area contributed by atoms with Crippen molar-refractivity contribution in [1.82, 2.24) is 0 Å². The van der Waals surface area contributed by atoms with Gasteiger partial charge in [0, 0.05) is 0 Å². The summed E-state index contributed by atoms with van der Waals surface area (Å²) in [6, 6.07) is 0. The van der Waals surface area contributed by atoms with E-state index in [2.05, 4.69) is 4.74 Å². The Labute approximate surface area is 103 Å². The van der Waals surface area contributed by atoms with E-state index in [0.29, 0.717) is 0 Å². The van der Waals surface area contributed by atoms with Gasteiger partial charge >= 0.3 is 0 Å². The van der Waals surface area contributed by atoms with Crippen molar-refractivity contribution in [3.05, 3.63) is 64.9 Å². The minimum absolute atomic E-state index is 0.0314. The second kappa shape index (κ2) is 4.75. The van der Waals surface area contributed by atoms with Gasteiger partial charge in [0.2, 0.25) is 34.8 Å². The molecule has 2 rings (SSSR count). The summed E-state index contributed by atoms with van der Waals surface area (Å²) in [4.78, 5) is 0. The molecule has 0 aromatic heterocycles. The average Bonchev–Trinajstić information content (AvgIpc) is 2.93. The highest BCUT2D eigenvalue weighted by Crippen LogP contribution is 2.30. The number of benzene rings is 1. The smallest absolute Gasteiger partial charge is 0.289 e. The van der Waals surface area contributed by atoms with E-state index in [1.54, 1.807) is 0 Å². The van der Waals surface area contributed by atoms with Gasteiger partial charge in [0.05, 0.1) is 5.57 Å². The average molecular weight is 276 g/mol. The van der Waals surface area contributed by atoms with Crippen LogP contribution in [0.4, 0.5) is 22.0 Å². The Kier molecular flexibility index (Phi) is 3.28. The second-order valence-electron chi connectivity index (χ2n) is 3.48. The number of rotatable bonds is 2. The number of halogens is 5. The molecule has 0 bridgehead atoms. The fourth-order valence-electron chi connectivity index (χ4n) is 1.35. The van der Waals surface area contributed by atoms with Gasteiger partial charge in [-0.05, 0) is 12.2 Å². The zero-order chi connectivity index (χ0) is 14.2. The highest BCUT2D eigenvalue weighted by Gasteiger charge is 2.28. The lowest BCUT2D eigenvalue weighted by Gasteiger charge is -2.09. The number of aliphatic hydroxyl groups is 1. The Morgan fingerprint density at radius 1 is 0.789 bits per heavy atom.